The largest absolute Gasteiger partial charge is 0.495 e. The second-order valence-electron chi connectivity index (χ2n) is 8.67. The van der Waals surface area contributed by atoms with Gasteiger partial charge in [0.25, 0.3) is 0 Å². The monoisotopic (exact) mass is 505 g/mol. The lowest BCUT2D eigenvalue weighted by atomic mass is 9.86. The van der Waals surface area contributed by atoms with Crippen LogP contribution >= 0.6 is 11.6 Å². The highest BCUT2D eigenvalue weighted by molar-refractivity contribution is 7.90. The molecule has 2 heterocycles. The molecule has 3 N–H and O–H groups in total. The van der Waals surface area contributed by atoms with E-state index in [1.54, 1.807) is 13.2 Å². The summed E-state index contributed by atoms with van der Waals surface area (Å²) in [7, 11) is -1.45. The van der Waals surface area contributed by atoms with E-state index < -0.39 is 9.84 Å². The number of aromatic nitrogens is 3. The van der Waals surface area contributed by atoms with Crippen LogP contribution in [0.3, 0.4) is 0 Å². The number of rotatable bonds is 8. The fourth-order valence-corrected chi connectivity index (χ4v) is 5.13. The maximum absolute atomic E-state index is 12.8. The molecule has 0 spiro atoms. The lowest BCUT2D eigenvalue weighted by Crippen LogP contribution is -2.35. The van der Waals surface area contributed by atoms with Gasteiger partial charge in [0, 0.05) is 35.5 Å². The van der Waals surface area contributed by atoms with E-state index in [-0.39, 0.29) is 17.6 Å². The van der Waals surface area contributed by atoms with Crippen molar-refractivity contribution in [2.24, 2.45) is 5.92 Å². The van der Waals surface area contributed by atoms with Crippen LogP contribution in [0, 0.1) is 12.8 Å². The zero-order valence-electron chi connectivity index (χ0n) is 19.4. The number of methoxy groups -OCH3 is 1. The van der Waals surface area contributed by atoms with Gasteiger partial charge in [-0.1, -0.05) is 11.6 Å². The minimum absolute atomic E-state index is 0.0601. The first-order valence-electron chi connectivity index (χ1n) is 11.1. The fourth-order valence-electron chi connectivity index (χ4n) is 4.31. The van der Waals surface area contributed by atoms with Gasteiger partial charge in [-0.2, -0.15) is 0 Å². The number of nitrogens with zero attached hydrogens (tertiary/aromatic N) is 2. The summed E-state index contributed by atoms with van der Waals surface area (Å²) in [5.74, 6) is 1.01. The van der Waals surface area contributed by atoms with E-state index in [0.717, 1.165) is 34.3 Å². The van der Waals surface area contributed by atoms with E-state index >= 15 is 0 Å². The molecule has 2 aromatic heterocycles. The molecule has 0 aliphatic heterocycles. The normalized spacial score (nSPS) is 15.7. The van der Waals surface area contributed by atoms with Gasteiger partial charge in [0.15, 0.2) is 0 Å². The highest BCUT2D eigenvalue weighted by Crippen LogP contribution is 2.38. The molecule has 0 saturated heterocycles. The number of sulfone groups is 1. The van der Waals surface area contributed by atoms with Crippen molar-refractivity contribution >= 4 is 49.9 Å². The molecular weight excluding hydrogens is 478 g/mol. The van der Waals surface area contributed by atoms with Crippen LogP contribution in [0.15, 0.2) is 18.5 Å². The third-order valence-corrected chi connectivity index (χ3v) is 7.51. The van der Waals surface area contributed by atoms with E-state index in [2.05, 4.69) is 25.6 Å². The van der Waals surface area contributed by atoms with Gasteiger partial charge in [0.2, 0.25) is 5.91 Å². The predicted octanol–water partition coefficient (Wildman–Crippen LogP) is 3.33. The number of halogens is 1. The Hall–Kier alpha value is -2.85. The van der Waals surface area contributed by atoms with Crippen LogP contribution in [-0.2, 0) is 27.5 Å². The van der Waals surface area contributed by atoms with Gasteiger partial charge >= 0.3 is 0 Å². The predicted molar refractivity (Wildman–Crippen MR) is 133 cm³/mol. The van der Waals surface area contributed by atoms with E-state index in [4.69, 9.17) is 16.3 Å². The number of carbonyl (C=O) groups is 1. The number of benzene rings is 1. The Morgan fingerprint density at radius 2 is 2.12 bits per heavy atom. The number of ether oxygens (including phenoxy) is 1. The fraction of sp³-hybridized carbons (Fsp3) is 0.435. The SMILES string of the molecule is COc1cc(Cl)c(C)cc1Nc1ncnc2[nH]c3c(c12)CC(C(=O)NCCCS(C)(=O)=O)CC3. The van der Waals surface area contributed by atoms with Crippen molar-refractivity contribution in [3.63, 3.8) is 0 Å². The lowest BCUT2D eigenvalue weighted by Gasteiger charge is -2.22. The first-order valence-corrected chi connectivity index (χ1v) is 13.5. The van der Waals surface area contributed by atoms with E-state index in [9.17, 15) is 13.2 Å². The maximum atomic E-state index is 12.8. The van der Waals surface area contributed by atoms with Crippen molar-refractivity contribution in [1.82, 2.24) is 20.3 Å². The number of amides is 1. The van der Waals surface area contributed by atoms with Crippen molar-refractivity contribution in [3.05, 3.63) is 40.3 Å². The summed E-state index contributed by atoms with van der Waals surface area (Å²) in [5, 5.41) is 7.71. The van der Waals surface area contributed by atoms with E-state index in [0.29, 0.717) is 48.0 Å². The van der Waals surface area contributed by atoms with Crippen LogP contribution in [0.2, 0.25) is 5.02 Å². The minimum atomic E-state index is -3.04. The van der Waals surface area contributed by atoms with E-state index in [1.165, 1.54) is 12.6 Å². The number of H-pyrrole nitrogens is 1. The van der Waals surface area contributed by atoms with Gasteiger partial charge in [0.1, 0.15) is 33.4 Å². The molecule has 1 aliphatic carbocycles. The third-order valence-electron chi connectivity index (χ3n) is 6.07. The number of aromatic amines is 1. The van der Waals surface area contributed by atoms with Crippen LogP contribution in [0.1, 0.15) is 29.7 Å². The number of carbonyl (C=O) groups excluding carboxylic acids is 1. The first-order chi connectivity index (χ1) is 16.2. The quantitative estimate of drug-likeness (QED) is 0.401. The summed E-state index contributed by atoms with van der Waals surface area (Å²) < 4.78 is 28.1. The van der Waals surface area contributed by atoms with Crippen LogP contribution < -0.4 is 15.4 Å². The Balaban J connectivity index is 1.57. The maximum Gasteiger partial charge on any atom is 0.223 e. The van der Waals surface area contributed by atoms with Gasteiger partial charge in [-0.3, -0.25) is 4.79 Å². The first kappa shape index (κ1) is 24.3. The molecule has 1 amide bonds. The highest BCUT2D eigenvalue weighted by atomic mass is 35.5. The molecule has 0 fully saturated rings. The summed E-state index contributed by atoms with van der Waals surface area (Å²) in [5.41, 5.74) is 4.42. The molecule has 0 bridgehead atoms. The smallest absolute Gasteiger partial charge is 0.223 e. The Morgan fingerprint density at radius 1 is 1.32 bits per heavy atom. The average Bonchev–Trinajstić information content (AvgIpc) is 3.17. The van der Waals surface area contributed by atoms with Gasteiger partial charge in [0.05, 0.1) is 23.9 Å². The van der Waals surface area contributed by atoms with Crippen molar-refractivity contribution in [1.29, 1.82) is 0 Å². The molecule has 9 nitrogen and oxygen atoms in total. The van der Waals surface area contributed by atoms with Gasteiger partial charge in [-0.25, -0.2) is 18.4 Å². The minimum Gasteiger partial charge on any atom is -0.495 e. The van der Waals surface area contributed by atoms with Crippen LogP contribution in [0.5, 0.6) is 5.75 Å². The zero-order valence-corrected chi connectivity index (χ0v) is 20.9. The lowest BCUT2D eigenvalue weighted by molar-refractivity contribution is -0.125. The summed E-state index contributed by atoms with van der Waals surface area (Å²) in [4.78, 5) is 25.0. The van der Waals surface area contributed by atoms with Crippen molar-refractivity contribution in [2.75, 3.05) is 31.0 Å². The van der Waals surface area contributed by atoms with Crippen molar-refractivity contribution < 1.29 is 17.9 Å². The molecule has 1 aliphatic rings. The molecule has 4 rings (SSSR count). The Kier molecular flexibility index (Phi) is 6.99. The zero-order chi connectivity index (χ0) is 24.5. The molecule has 1 aromatic carbocycles. The number of fused-ring (bicyclic) bond motifs is 3. The molecule has 182 valence electrons. The number of hydrogen-bond donors (Lipinski definition) is 3. The molecular formula is C23H28ClN5O4S. The Bertz CT molecular complexity index is 1340. The molecule has 0 saturated carbocycles. The second kappa shape index (κ2) is 9.79. The van der Waals surface area contributed by atoms with Crippen LogP contribution in [0.25, 0.3) is 11.0 Å². The Morgan fingerprint density at radius 3 is 2.85 bits per heavy atom. The second-order valence-corrected chi connectivity index (χ2v) is 11.3. The molecule has 3 aromatic rings. The summed E-state index contributed by atoms with van der Waals surface area (Å²) in [6, 6.07) is 3.66. The van der Waals surface area contributed by atoms with E-state index in [1.807, 2.05) is 13.0 Å². The van der Waals surface area contributed by atoms with Gasteiger partial charge < -0.3 is 20.4 Å². The molecule has 0 radical (unpaired) electrons. The summed E-state index contributed by atoms with van der Waals surface area (Å²) >= 11 is 6.25. The molecule has 1 atom stereocenters. The number of aryl methyl sites for hydroxylation is 2. The molecule has 1 unspecified atom stereocenters. The number of hydrogen-bond acceptors (Lipinski definition) is 7. The van der Waals surface area contributed by atoms with Gasteiger partial charge in [-0.05, 0) is 49.8 Å². The topological polar surface area (TPSA) is 126 Å². The standard InChI is InChI=1S/C23H28ClN5O4S/c1-13-9-18(19(33-2)11-16(13)24)29-22-20-15-10-14(23(30)25-7-4-8-34(3,31)32)5-6-17(15)28-21(20)26-12-27-22/h9,11-12,14H,4-8,10H2,1-3H3,(H,25,30)(H2,26,27,28,29). The number of anilines is 2. The summed E-state index contributed by atoms with van der Waals surface area (Å²) in [6.07, 6.45) is 5.07. The third kappa shape index (κ3) is 5.28. The van der Waals surface area contributed by atoms with Gasteiger partial charge in [-0.15, -0.1) is 0 Å². The molecule has 11 heteroatoms. The van der Waals surface area contributed by atoms with Crippen molar-refractivity contribution in [3.8, 4) is 5.75 Å². The highest BCUT2D eigenvalue weighted by Gasteiger charge is 2.29. The van der Waals surface area contributed by atoms with Crippen molar-refractivity contribution in [2.45, 2.75) is 32.6 Å². The summed E-state index contributed by atoms with van der Waals surface area (Å²) in [6.45, 7) is 2.26. The molecule has 34 heavy (non-hydrogen) atoms. The average molecular weight is 506 g/mol. The van der Waals surface area contributed by atoms with Crippen LogP contribution in [-0.4, -0.2) is 54.9 Å². The Labute approximate surface area is 203 Å². The van der Waals surface area contributed by atoms with Crippen LogP contribution in [0.4, 0.5) is 11.5 Å². The number of nitrogens with one attached hydrogen (secondary N) is 3.